The van der Waals surface area contributed by atoms with Crippen molar-refractivity contribution in [1.29, 1.82) is 0 Å². The van der Waals surface area contributed by atoms with Gasteiger partial charge in [0.25, 0.3) is 0 Å². The van der Waals surface area contributed by atoms with Crippen LogP contribution in [0, 0.1) is 30.4 Å². The first kappa shape index (κ1) is 17.5. The summed E-state index contributed by atoms with van der Waals surface area (Å²) in [6.07, 6.45) is 0. The molecule has 1 heterocycles. The molecule has 0 spiro atoms. The molecule has 0 aliphatic heterocycles. The number of benzene rings is 3. The molecular formula is C18H7F4I2S+. The maximum absolute atomic E-state index is 14.5. The monoisotopic (exact) mass is 585 g/mol. The molecule has 1 aromatic heterocycles. The summed E-state index contributed by atoms with van der Waals surface area (Å²) in [5.41, 5.74) is 0. The smallest absolute Gasteiger partial charge is 0.193 e. The zero-order valence-corrected chi connectivity index (χ0v) is 17.3. The van der Waals surface area contributed by atoms with Crippen molar-refractivity contribution in [2.45, 2.75) is 0 Å². The summed E-state index contributed by atoms with van der Waals surface area (Å²) in [5.74, 6) is -3.14. The highest BCUT2D eigenvalue weighted by Gasteiger charge is 2.31. The van der Waals surface area contributed by atoms with E-state index in [1.54, 1.807) is 0 Å². The van der Waals surface area contributed by atoms with Crippen LogP contribution in [0.5, 0.6) is 0 Å². The fourth-order valence-electron chi connectivity index (χ4n) is 2.90. The van der Waals surface area contributed by atoms with Crippen molar-refractivity contribution < 1.29 is 17.6 Å². The zero-order valence-electron chi connectivity index (χ0n) is 12.2. The van der Waals surface area contributed by atoms with Gasteiger partial charge in [-0.3, -0.25) is 0 Å². The maximum Gasteiger partial charge on any atom is 0.193 e. The minimum atomic E-state index is -0.972. The molecule has 0 nitrogen and oxygen atoms in total. The molecule has 0 amide bonds. The van der Waals surface area contributed by atoms with E-state index in [1.807, 2.05) is 18.2 Å². The van der Waals surface area contributed by atoms with Crippen LogP contribution in [0.2, 0.25) is 0 Å². The van der Waals surface area contributed by atoms with Gasteiger partial charge in [-0.2, -0.15) is 0 Å². The van der Waals surface area contributed by atoms with Gasteiger partial charge in [-0.25, -0.2) is 17.6 Å². The van der Waals surface area contributed by atoms with Gasteiger partial charge in [0.05, 0.1) is 14.3 Å². The second-order valence-corrected chi connectivity index (χ2v) is 9.74. The lowest BCUT2D eigenvalue weighted by Gasteiger charge is -1.98. The normalized spacial score (nSPS) is 11.6. The van der Waals surface area contributed by atoms with Gasteiger partial charge in [0.15, 0.2) is 14.3 Å². The lowest BCUT2D eigenvalue weighted by Crippen LogP contribution is -1.83. The fraction of sp³-hybridized carbons (Fsp3) is 0. The van der Waals surface area contributed by atoms with E-state index in [4.69, 9.17) is 0 Å². The average molecular weight is 585 g/mol. The van der Waals surface area contributed by atoms with Crippen LogP contribution in [-0.2, 0) is 0 Å². The third kappa shape index (κ3) is 2.84. The van der Waals surface area contributed by atoms with Gasteiger partial charge in [-0.15, -0.1) is 0 Å². The van der Waals surface area contributed by atoms with Crippen molar-refractivity contribution >= 4 is 75.8 Å². The molecule has 7 heteroatoms. The van der Waals surface area contributed by atoms with Crippen molar-refractivity contribution in [3.63, 3.8) is 0 Å². The van der Waals surface area contributed by atoms with E-state index in [-0.39, 0.29) is 10.8 Å². The molecule has 0 bridgehead atoms. The Morgan fingerprint density at radius 1 is 0.680 bits per heavy atom. The third-order valence-corrected chi connectivity index (χ3v) is 8.09. The van der Waals surface area contributed by atoms with Crippen LogP contribution >= 0.6 is 55.7 Å². The summed E-state index contributed by atoms with van der Waals surface area (Å²) in [6, 6.07) is 9.53. The van der Waals surface area contributed by atoms with Crippen LogP contribution in [0.25, 0.3) is 25.1 Å². The van der Waals surface area contributed by atoms with Gasteiger partial charge in [-0.05, 0) is 57.3 Å². The topological polar surface area (TPSA) is 0 Å². The third-order valence-electron chi connectivity index (χ3n) is 3.84. The molecule has 0 aliphatic rings. The Balaban J connectivity index is 2.29. The minimum Gasteiger partial charge on any atom is -0.207 e. The molecule has 0 saturated heterocycles. The van der Waals surface area contributed by atoms with Crippen LogP contribution in [0.4, 0.5) is 17.6 Å². The summed E-state index contributed by atoms with van der Waals surface area (Å²) in [5, 5.41) is 0.0400. The second kappa shape index (κ2) is 6.34. The second-order valence-electron chi connectivity index (χ2n) is 5.40. The van der Waals surface area contributed by atoms with Gasteiger partial charge in [0, 0.05) is 44.4 Å². The van der Waals surface area contributed by atoms with Crippen molar-refractivity contribution in [2.75, 3.05) is 0 Å². The summed E-state index contributed by atoms with van der Waals surface area (Å²) >= 11 is 4.30. The number of hydrogen-bond donors (Lipinski definition) is 0. The molecule has 25 heavy (non-hydrogen) atoms. The lowest BCUT2D eigenvalue weighted by atomic mass is 10.1. The average Bonchev–Trinajstić information content (AvgIpc) is 2.82. The van der Waals surface area contributed by atoms with Crippen molar-refractivity contribution in [3.8, 4) is 4.90 Å². The van der Waals surface area contributed by atoms with Crippen LogP contribution in [0.1, 0.15) is 0 Å². The van der Waals surface area contributed by atoms with E-state index in [2.05, 4.69) is 45.2 Å². The Morgan fingerprint density at radius 2 is 1.20 bits per heavy atom. The van der Waals surface area contributed by atoms with E-state index < -0.39 is 33.7 Å². The Morgan fingerprint density at radius 3 is 1.68 bits per heavy atom. The Kier molecular flexibility index (Phi) is 4.43. The maximum atomic E-state index is 14.5. The standard InChI is InChI=1S/C18H7F4I2S/c19-8-3-11(21)17-15(5-8)25(14-2-1-10(23)7-13(14)24)16-6-9(20)4-12(22)18(16)17/h1-7H/q+1. The van der Waals surface area contributed by atoms with E-state index in [0.29, 0.717) is 9.40 Å². The number of hydrogen-bond acceptors (Lipinski definition) is 0. The SMILES string of the molecule is Fc1cc(F)c2c3c(F)cc(F)cc3[s+](-c3ccc(I)cc3I)c2c1. The highest BCUT2D eigenvalue weighted by molar-refractivity contribution is 14.1. The Labute approximate surface area is 170 Å². The van der Waals surface area contributed by atoms with Crippen LogP contribution in [0.3, 0.4) is 0 Å². The van der Waals surface area contributed by atoms with E-state index in [0.717, 1.165) is 24.2 Å². The molecule has 4 rings (SSSR count). The summed E-state index contributed by atoms with van der Waals surface area (Å²) in [7, 11) is -0.972. The first-order valence-corrected chi connectivity index (χ1v) is 10.4. The summed E-state index contributed by atoms with van der Waals surface area (Å²) in [6.45, 7) is 0. The van der Waals surface area contributed by atoms with E-state index in [1.165, 1.54) is 12.1 Å². The van der Waals surface area contributed by atoms with E-state index >= 15 is 0 Å². The highest BCUT2D eigenvalue weighted by Crippen LogP contribution is 2.51. The van der Waals surface area contributed by atoms with Crippen LogP contribution in [-0.4, -0.2) is 0 Å². The largest absolute Gasteiger partial charge is 0.207 e. The van der Waals surface area contributed by atoms with Crippen molar-refractivity contribution in [3.05, 3.63) is 72.9 Å². The molecule has 0 fully saturated rings. The van der Waals surface area contributed by atoms with Gasteiger partial charge < -0.3 is 0 Å². The molecule has 3 aromatic carbocycles. The molecule has 0 unspecified atom stereocenters. The van der Waals surface area contributed by atoms with Crippen LogP contribution in [0.15, 0.2) is 42.5 Å². The molecule has 4 aromatic rings. The number of fused-ring (bicyclic) bond motifs is 3. The first-order valence-electron chi connectivity index (χ1n) is 7.04. The lowest BCUT2D eigenvalue weighted by molar-refractivity contribution is 0.587. The predicted molar refractivity (Wildman–Crippen MR) is 111 cm³/mol. The number of thiophene rings is 1. The molecular weight excluding hydrogens is 578 g/mol. The molecule has 126 valence electrons. The quantitative estimate of drug-likeness (QED) is 0.123. The van der Waals surface area contributed by atoms with Crippen LogP contribution < -0.4 is 0 Å². The summed E-state index contributed by atoms with van der Waals surface area (Å²) < 4.78 is 59.2. The molecule has 0 saturated carbocycles. The van der Waals surface area contributed by atoms with E-state index in [9.17, 15) is 17.6 Å². The Bertz CT molecular complexity index is 1100. The van der Waals surface area contributed by atoms with Gasteiger partial charge in [-0.1, -0.05) is 0 Å². The molecule has 0 atom stereocenters. The first-order chi connectivity index (χ1) is 11.9. The van der Waals surface area contributed by atoms with Gasteiger partial charge in [0.1, 0.15) is 23.3 Å². The molecule has 0 radical (unpaired) electrons. The number of rotatable bonds is 1. The minimum absolute atomic E-state index is 0.0200. The predicted octanol–water partition coefficient (Wildman–Crippen LogP) is 7.50. The van der Waals surface area contributed by atoms with Crippen molar-refractivity contribution in [1.82, 2.24) is 0 Å². The van der Waals surface area contributed by atoms with Gasteiger partial charge in [0.2, 0.25) is 0 Å². The van der Waals surface area contributed by atoms with Crippen molar-refractivity contribution in [2.24, 2.45) is 0 Å². The molecule has 0 aliphatic carbocycles. The van der Waals surface area contributed by atoms with Gasteiger partial charge >= 0.3 is 0 Å². The highest BCUT2D eigenvalue weighted by atomic mass is 127. The fourth-order valence-corrected chi connectivity index (χ4v) is 7.60. The summed E-state index contributed by atoms with van der Waals surface area (Å²) in [4.78, 5) is 0.788. The Hall–Kier alpha value is -0.940. The number of halogens is 6. The molecule has 0 N–H and O–H groups in total. The zero-order chi connectivity index (χ0) is 17.9.